The minimum absolute atomic E-state index is 0.0539. The van der Waals surface area contributed by atoms with Gasteiger partial charge >= 0.3 is 11.9 Å². The van der Waals surface area contributed by atoms with Crippen LogP contribution in [0.1, 0.15) is 6.92 Å². The van der Waals surface area contributed by atoms with E-state index in [1.807, 2.05) is 0 Å². The maximum Gasteiger partial charge on any atom is 0.349 e. The van der Waals surface area contributed by atoms with Crippen molar-refractivity contribution in [1.82, 2.24) is 0 Å². The van der Waals surface area contributed by atoms with Gasteiger partial charge in [-0.2, -0.15) is 0 Å². The summed E-state index contributed by atoms with van der Waals surface area (Å²) in [5.74, 6) is -1.29. The Morgan fingerprint density at radius 3 is 2.29 bits per heavy atom. The van der Waals surface area contributed by atoms with Gasteiger partial charge in [0.1, 0.15) is 0 Å². The number of hydrogen-bond acceptors (Lipinski definition) is 4. The van der Waals surface area contributed by atoms with Crippen LogP contribution in [0, 0.1) is 0 Å². The molecule has 7 heteroatoms. The molecule has 0 saturated carbocycles. The maximum absolute atomic E-state index is 11.2. The molecule has 0 aliphatic carbocycles. The van der Waals surface area contributed by atoms with E-state index in [-0.39, 0.29) is 20.8 Å². The Kier molecular flexibility index (Phi) is 5.05. The zero-order chi connectivity index (χ0) is 13.0. The lowest BCUT2D eigenvalue weighted by Gasteiger charge is -2.07. The van der Waals surface area contributed by atoms with Gasteiger partial charge in [0.2, 0.25) is 0 Å². The van der Waals surface area contributed by atoms with E-state index in [2.05, 4.69) is 4.74 Å². The van der Waals surface area contributed by atoms with E-state index in [9.17, 15) is 9.59 Å². The number of rotatable bonds is 3. The van der Waals surface area contributed by atoms with Crippen molar-refractivity contribution in [3.63, 3.8) is 0 Å². The van der Waals surface area contributed by atoms with Crippen LogP contribution in [0.3, 0.4) is 0 Å². The fourth-order valence-corrected chi connectivity index (χ4v) is 1.47. The smallest absolute Gasteiger partial charge is 0.349 e. The summed E-state index contributed by atoms with van der Waals surface area (Å²) in [5.41, 5.74) is 0. The van der Waals surface area contributed by atoms with Crippen LogP contribution in [0.2, 0.25) is 15.1 Å². The number of hydrogen-bond donors (Lipinski definition) is 0. The Bertz CT molecular complexity index is 459. The van der Waals surface area contributed by atoms with Gasteiger partial charge in [0.05, 0.1) is 15.1 Å². The lowest BCUT2D eigenvalue weighted by molar-refractivity contribution is -0.152. The van der Waals surface area contributed by atoms with Crippen LogP contribution >= 0.6 is 34.8 Å². The summed E-state index contributed by atoms with van der Waals surface area (Å²) in [5, 5.41) is 0.582. The molecule has 0 spiro atoms. The lowest BCUT2D eigenvalue weighted by atomic mass is 10.3. The normalized spacial score (nSPS) is 9.88. The molecule has 1 rings (SSSR count). The lowest BCUT2D eigenvalue weighted by Crippen LogP contribution is -2.17. The summed E-state index contributed by atoms with van der Waals surface area (Å²) in [6.07, 6.45) is 0. The number of carbonyl (C=O) groups excluding carboxylic acids is 2. The standard InChI is InChI=1S/C10H7Cl3O4/c1-5(14)16-4-10(15)17-9-3-7(12)6(11)2-8(9)13/h2-3H,4H2,1H3. The van der Waals surface area contributed by atoms with E-state index >= 15 is 0 Å². The third-order valence-corrected chi connectivity index (χ3v) is 2.61. The molecule has 0 bridgehead atoms. The molecular formula is C10H7Cl3O4. The van der Waals surface area contributed by atoms with Crippen molar-refractivity contribution in [2.24, 2.45) is 0 Å². The van der Waals surface area contributed by atoms with E-state index in [0.717, 1.165) is 0 Å². The molecule has 17 heavy (non-hydrogen) atoms. The molecule has 0 saturated heterocycles. The number of ether oxygens (including phenoxy) is 2. The second kappa shape index (κ2) is 6.10. The van der Waals surface area contributed by atoms with Crippen molar-refractivity contribution in [3.05, 3.63) is 27.2 Å². The molecule has 0 aliphatic rings. The predicted molar refractivity (Wildman–Crippen MR) is 63.7 cm³/mol. The Labute approximate surface area is 112 Å². The van der Waals surface area contributed by atoms with Crippen molar-refractivity contribution in [2.75, 3.05) is 6.61 Å². The third-order valence-electron chi connectivity index (χ3n) is 1.59. The number of halogens is 3. The highest BCUT2D eigenvalue weighted by molar-refractivity contribution is 6.43. The van der Waals surface area contributed by atoms with E-state index in [4.69, 9.17) is 39.5 Å². The molecule has 0 aromatic heterocycles. The van der Waals surface area contributed by atoms with Crippen molar-refractivity contribution < 1.29 is 19.1 Å². The highest BCUT2D eigenvalue weighted by atomic mass is 35.5. The molecule has 0 atom stereocenters. The predicted octanol–water partition coefficient (Wildman–Crippen LogP) is 3.12. The molecule has 0 fully saturated rings. The minimum atomic E-state index is -0.763. The minimum Gasteiger partial charge on any atom is -0.454 e. The molecule has 1 aromatic rings. The van der Waals surface area contributed by atoms with Crippen LogP contribution in [0.4, 0.5) is 0 Å². The average Bonchev–Trinajstić information content (AvgIpc) is 2.23. The van der Waals surface area contributed by atoms with Crippen molar-refractivity contribution in [1.29, 1.82) is 0 Å². The zero-order valence-corrected chi connectivity index (χ0v) is 10.9. The summed E-state index contributed by atoms with van der Waals surface area (Å²) >= 11 is 17.2. The Morgan fingerprint density at radius 1 is 1.12 bits per heavy atom. The summed E-state index contributed by atoms with van der Waals surface area (Å²) in [6, 6.07) is 2.65. The van der Waals surface area contributed by atoms with E-state index < -0.39 is 18.5 Å². The molecule has 0 amide bonds. The Hall–Kier alpha value is -0.970. The second-order valence-electron chi connectivity index (χ2n) is 2.95. The van der Waals surface area contributed by atoms with Crippen molar-refractivity contribution >= 4 is 46.7 Å². The van der Waals surface area contributed by atoms with Gasteiger partial charge in [0, 0.05) is 13.0 Å². The van der Waals surface area contributed by atoms with Gasteiger partial charge in [-0.3, -0.25) is 4.79 Å². The monoisotopic (exact) mass is 296 g/mol. The first-order valence-corrected chi connectivity index (χ1v) is 5.52. The maximum atomic E-state index is 11.2. The van der Waals surface area contributed by atoms with Gasteiger partial charge in [-0.1, -0.05) is 34.8 Å². The average molecular weight is 298 g/mol. The first kappa shape index (κ1) is 14.1. The van der Waals surface area contributed by atoms with Gasteiger partial charge in [-0.15, -0.1) is 0 Å². The van der Waals surface area contributed by atoms with Crippen molar-refractivity contribution in [2.45, 2.75) is 6.92 Å². The SMILES string of the molecule is CC(=O)OCC(=O)Oc1cc(Cl)c(Cl)cc1Cl. The summed E-state index contributed by atoms with van der Waals surface area (Å²) in [4.78, 5) is 21.7. The quantitative estimate of drug-likeness (QED) is 0.489. The number of esters is 2. The van der Waals surface area contributed by atoms with Crippen LogP contribution < -0.4 is 4.74 Å². The van der Waals surface area contributed by atoms with E-state index in [1.54, 1.807) is 0 Å². The fourth-order valence-electron chi connectivity index (χ4n) is 0.895. The highest BCUT2D eigenvalue weighted by Crippen LogP contribution is 2.33. The molecule has 92 valence electrons. The number of carbonyl (C=O) groups is 2. The van der Waals surface area contributed by atoms with Crippen LogP contribution in [0.5, 0.6) is 5.75 Å². The summed E-state index contributed by atoms with van der Waals surface area (Å²) in [6.45, 7) is 0.686. The summed E-state index contributed by atoms with van der Waals surface area (Å²) in [7, 11) is 0. The molecule has 0 aliphatic heterocycles. The molecule has 4 nitrogen and oxygen atoms in total. The zero-order valence-electron chi connectivity index (χ0n) is 8.63. The topological polar surface area (TPSA) is 52.6 Å². The highest BCUT2D eigenvalue weighted by Gasteiger charge is 2.12. The van der Waals surface area contributed by atoms with Gasteiger partial charge in [-0.05, 0) is 6.07 Å². The first-order chi connectivity index (χ1) is 7.90. The van der Waals surface area contributed by atoms with Crippen LogP contribution in [-0.2, 0) is 14.3 Å². The van der Waals surface area contributed by atoms with Crippen molar-refractivity contribution in [3.8, 4) is 5.75 Å². The summed E-state index contributed by atoms with van der Waals surface area (Å²) < 4.78 is 9.29. The van der Waals surface area contributed by atoms with Gasteiger partial charge in [-0.25, -0.2) is 4.79 Å². The molecule has 1 aromatic carbocycles. The molecule has 0 N–H and O–H groups in total. The van der Waals surface area contributed by atoms with Crippen LogP contribution in [0.15, 0.2) is 12.1 Å². The van der Waals surface area contributed by atoms with E-state index in [0.29, 0.717) is 0 Å². The second-order valence-corrected chi connectivity index (χ2v) is 4.17. The molecule has 0 radical (unpaired) electrons. The van der Waals surface area contributed by atoms with Gasteiger partial charge in [0.25, 0.3) is 0 Å². The van der Waals surface area contributed by atoms with Crippen LogP contribution in [-0.4, -0.2) is 18.5 Å². The third kappa shape index (κ3) is 4.42. The van der Waals surface area contributed by atoms with Crippen LogP contribution in [0.25, 0.3) is 0 Å². The molecule has 0 unspecified atom stereocenters. The molecular weight excluding hydrogens is 290 g/mol. The van der Waals surface area contributed by atoms with E-state index in [1.165, 1.54) is 19.1 Å². The largest absolute Gasteiger partial charge is 0.454 e. The first-order valence-electron chi connectivity index (χ1n) is 4.38. The number of benzene rings is 1. The Morgan fingerprint density at radius 2 is 1.71 bits per heavy atom. The van der Waals surface area contributed by atoms with Gasteiger partial charge in [0.15, 0.2) is 12.4 Å². The fraction of sp³-hybridized carbons (Fsp3) is 0.200. The van der Waals surface area contributed by atoms with Gasteiger partial charge < -0.3 is 9.47 Å². The Balaban J connectivity index is 2.71. The molecule has 0 heterocycles.